The summed E-state index contributed by atoms with van der Waals surface area (Å²) in [5.74, 6) is 0.196. The third-order valence-corrected chi connectivity index (χ3v) is 5.92. The Kier molecular flexibility index (Phi) is 6.61. The maximum Gasteiger partial charge on any atom is 0.226 e. The minimum atomic E-state index is 0. The second-order valence-electron chi connectivity index (χ2n) is 6.56. The van der Waals surface area contributed by atoms with E-state index in [1.807, 2.05) is 11.0 Å². The van der Waals surface area contributed by atoms with Crippen LogP contribution in [0, 0.1) is 5.41 Å². The fourth-order valence-electron chi connectivity index (χ4n) is 3.62. The molecule has 1 amide bonds. The average Bonchev–Trinajstić information content (AvgIpc) is 2.52. The number of halogens is 3. The van der Waals surface area contributed by atoms with Crippen LogP contribution in [0.3, 0.4) is 0 Å². The van der Waals surface area contributed by atoms with Crippen LogP contribution in [-0.2, 0) is 11.2 Å². The van der Waals surface area contributed by atoms with E-state index in [2.05, 4.69) is 5.32 Å². The van der Waals surface area contributed by atoms with Crippen molar-refractivity contribution < 1.29 is 4.79 Å². The third-order valence-electron chi connectivity index (χ3n) is 5.18. The molecule has 1 aromatic rings. The van der Waals surface area contributed by atoms with Crippen LogP contribution < -0.4 is 5.32 Å². The van der Waals surface area contributed by atoms with Crippen molar-refractivity contribution in [3.05, 3.63) is 33.8 Å². The normalized spacial score (nSPS) is 20.2. The third kappa shape index (κ3) is 4.54. The molecule has 1 spiro atoms. The van der Waals surface area contributed by atoms with Crippen LogP contribution in [-0.4, -0.2) is 37.0 Å². The van der Waals surface area contributed by atoms with Crippen molar-refractivity contribution in [2.75, 3.05) is 26.2 Å². The van der Waals surface area contributed by atoms with Gasteiger partial charge in [-0.05, 0) is 61.9 Å². The first kappa shape index (κ1) is 18.9. The fourth-order valence-corrected chi connectivity index (χ4v) is 3.94. The number of nitrogens with zero attached hydrogens (tertiary/aromatic N) is 1. The van der Waals surface area contributed by atoms with Crippen molar-refractivity contribution in [1.82, 2.24) is 10.2 Å². The van der Waals surface area contributed by atoms with Crippen molar-refractivity contribution >= 4 is 41.5 Å². The first-order valence-corrected chi connectivity index (χ1v) is 8.76. The molecule has 6 heteroatoms. The number of rotatable bonds is 2. The molecule has 3 rings (SSSR count). The van der Waals surface area contributed by atoms with Gasteiger partial charge in [-0.3, -0.25) is 4.79 Å². The minimum Gasteiger partial charge on any atom is -0.342 e. The molecule has 2 saturated heterocycles. The van der Waals surface area contributed by atoms with Gasteiger partial charge in [-0.15, -0.1) is 12.4 Å². The van der Waals surface area contributed by atoms with Crippen molar-refractivity contribution in [2.24, 2.45) is 5.41 Å². The summed E-state index contributed by atoms with van der Waals surface area (Å²) in [5.41, 5.74) is 1.41. The molecule has 0 radical (unpaired) electrons. The van der Waals surface area contributed by atoms with Gasteiger partial charge in [-0.2, -0.15) is 0 Å². The zero-order valence-corrected chi connectivity index (χ0v) is 15.4. The smallest absolute Gasteiger partial charge is 0.226 e. The Morgan fingerprint density at radius 3 is 2.35 bits per heavy atom. The summed E-state index contributed by atoms with van der Waals surface area (Å²) in [5, 5.41) is 4.47. The highest BCUT2D eigenvalue weighted by Crippen LogP contribution is 2.39. The van der Waals surface area contributed by atoms with Crippen LogP contribution in [0.1, 0.15) is 31.2 Å². The quantitative estimate of drug-likeness (QED) is 0.846. The summed E-state index contributed by atoms with van der Waals surface area (Å²) in [7, 11) is 0. The molecule has 0 bridgehead atoms. The van der Waals surface area contributed by atoms with Crippen molar-refractivity contribution in [1.29, 1.82) is 0 Å². The number of likely N-dealkylation sites (tertiary alicyclic amines) is 1. The molecule has 23 heavy (non-hydrogen) atoms. The van der Waals surface area contributed by atoms with E-state index in [9.17, 15) is 4.79 Å². The molecule has 3 nitrogen and oxygen atoms in total. The SMILES string of the molecule is Cl.O=C(Cc1ccc(Cl)c(Cl)c1)N1CCC2(CCNCC2)CC1. The second-order valence-corrected chi connectivity index (χ2v) is 7.37. The monoisotopic (exact) mass is 376 g/mol. The lowest BCUT2D eigenvalue weighted by atomic mass is 9.71. The van der Waals surface area contributed by atoms with Gasteiger partial charge >= 0.3 is 0 Å². The number of amides is 1. The lowest BCUT2D eigenvalue weighted by Gasteiger charge is -2.44. The number of benzene rings is 1. The molecule has 2 aliphatic heterocycles. The first-order valence-electron chi connectivity index (χ1n) is 8.00. The molecule has 2 heterocycles. The van der Waals surface area contributed by atoms with Crippen molar-refractivity contribution in [3.63, 3.8) is 0 Å². The van der Waals surface area contributed by atoms with Gasteiger partial charge in [-0.1, -0.05) is 29.3 Å². The highest BCUT2D eigenvalue weighted by molar-refractivity contribution is 6.42. The van der Waals surface area contributed by atoms with Crippen LogP contribution in [0.5, 0.6) is 0 Å². The van der Waals surface area contributed by atoms with Crippen molar-refractivity contribution in [3.8, 4) is 0 Å². The molecule has 0 aliphatic carbocycles. The number of carbonyl (C=O) groups excluding carboxylic acids is 1. The van der Waals surface area contributed by atoms with E-state index in [4.69, 9.17) is 23.2 Å². The molecular formula is C17H23Cl3N2O. The lowest BCUT2D eigenvalue weighted by Crippen LogP contribution is -2.47. The average molecular weight is 378 g/mol. The summed E-state index contributed by atoms with van der Waals surface area (Å²) in [6.07, 6.45) is 5.19. The van der Waals surface area contributed by atoms with Crippen LogP contribution in [0.4, 0.5) is 0 Å². The number of piperidine rings is 2. The summed E-state index contributed by atoms with van der Waals surface area (Å²) >= 11 is 11.9. The largest absolute Gasteiger partial charge is 0.342 e. The Labute approximate surface area is 154 Å². The van der Waals surface area contributed by atoms with Gasteiger partial charge in [0.2, 0.25) is 5.91 Å². The minimum absolute atomic E-state index is 0. The van der Waals surface area contributed by atoms with Crippen LogP contribution in [0.15, 0.2) is 18.2 Å². The topological polar surface area (TPSA) is 32.3 Å². The Hall–Kier alpha value is -0.480. The lowest BCUT2D eigenvalue weighted by molar-refractivity contribution is -0.133. The van der Waals surface area contributed by atoms with E-state index in [1.54, 1.807) is 12.1 Å². The zero-order chi connectivity index (χ0) is 15.6. The summed E-state index contributed by atoms with van der Waals surface area (Å²) in [6, 6.07) is 5.43. The number of carbonyl (C=O) groups is 1. The molecule has 128 valence electrons. The molecule has 2 aliphatic rings. The molecule has 1 N–H and O–H groups in total. The molecule has 0 atom stereocenters. The molecule has 0 saturated carbocycles. The molecule has 2 fully saturated rings. The maximum absolute atomic E-state index is 12.5. The highest BCUT2D eigenvalue weighted by Gasteiger charge is 2.36. The van der Waals surface area contributed by atoms with Gasteiger partial charge in [0, 0.05) is 13.1 Å². The Bertz CT molecular complexity index is 549. The van der Waals surface area contributed by atoms with Gasteiger partial charge in [0.15, 0.2) is 0 Å². The molecular weight excluding hydrogens is 355 g/mol. The Balaban J connectivity index is 0.00000192. The molecule has 1 aromatic carbocycles. The van der Waals surface area contributed by atoms with Gasteiger partial charge in [0.1, 0.15) is 0 Å². The Morgan fingerprint density at radius 2 is 1.74 bits per heavy atom. The van der Waals surface area contributed by atoms with E-state index < -0.39 is 0 Å². The highest BCUT2D eigenvalue weighted by atomic mass is 35.5. The summed E-state index contributed by atoms with van der Waals surface area (Å²) in [4.78, 5) is 14.5. The molecule has 0 aromatic heterocycles. The maximum atomic E-state index is 12.5. The predicted octanol–water partition coefficient (Wildman–Crippen LogP) is 3.95. The van der Waals surface area contributed by atoms with E-state index >= 15 is 0 Å². The fraction of sp³-hybridized carbons (Fsp3) is 0.588. The number of nitrogens with one attached hydrogen (secondary N) is 1. The van der Waals surface area contributed by atoms with E-state index in [0.717, 1.165) is 44.6 Å². The van der Waals surface area contributed by atoms with E-state index in [-0.39, 0.29) is 18.3 Å². The first-order chi connectivity index (χ1) is 10.6. The van der Waals surface area contributed by atoms with E-state index in [0.29, 0.717) is 21.9 Å². The van der Waals surface area contributed by atoms with Gasteiger partial charge in [0.05, 0.1) is 16.5 Å². The van der Waals surface area contributed by atoms with Gasteiger partial charge < -0.3 is 10.2 Å². The van der Waals surface area contributed by atoms with Crippen molar-refractivity contribution in [2.45, 2.75) is 32.1 Å². The van der Waals surface area contributed by atoms with Crippen LogP contribution in [0.2, 0.25) is 10.0 Å². The van der Waals surface area contributed by atoms with E-state index in [1.165, 1.54) is 12.8 Å². The summed E-state index contributed by atoms with van der Waals surface area (Å²) < 4.78 is 0. The molecule has 0 unspecified atom stereocenters. The standard InChI is InChI=1S/C17H22Cl2N2O.ClH/c18-14-2-1-13(11-15(14)19)12-16(22)21-9-5-17(6-10-21)3-7-20-8-4-17;/h1-2,11,20H,3-10,12H2;1H. The summed E-state index contributed by atoms with van der Waals surface area (Å²) in [6.45, 7) is 4.02. The predicted molar refractivity (Wildman–Crippen MR) is 97.8 cm³/mol. The number of hydrogen-bond donors (Lipinski definition) is 1. The van der Waals surface area contributed by atoms with Gasteiger partial charge in [0.25, 0.3) is 0 Å². The second kappa shape index (κ2) is 8.06. The number of hydrogen-bond acceptors (Lipinski definition) is 2. The van der Waals surface area contributed by atoms with Crippen LogP contribution in [0.25, 0.3) is 0 Å². The van der Waals surface area contributed by atoms with Crippen LogP contribution >= 0.6 is 35.6 Å². The van der Waals surface area contributed by atoms with Gasteiger partial charge in [-0.25, -0.2) is 0 Å². The zero-order valence-electron chi connectivity index (χ0n) is 13.1. The Morgan fingerprint density at radius 1 is 1.09 bits per heavy atom.